The maximum atomic E-state index is 6.09. The molecule has 0 atom stereocenters. The Hall–Kier alpha value is -2.56. The molecule has 0 aliphatic carbocycles. The van der Waals surface area contributed by atoms with Crippen LogP contribution >= 0.6 is 0 Å². The molecule has 1 aromatic heterocycles. The second kappa shape index (κ2) is 5.57. The van der Waals surface area contributed by atoms with Gasteiger partial charge in [-0.05, 0) is 13.8 Å². The zero-order valence-electron chi connectivity index (χ0n) is 14.2. The number of rotatable bonds is 4. The van der Waals surface area contributed by atoms with Crippen molar-refractivity contribution in [2.75, 3.05) is 28.4 Å². The van der Waals surface area contributed by atoms with Gasteiger partial charge in [0.1, 0.15) is 34.2 Å². The molecule has 0 N–H and O–H groups in total. The van der Waals surface area contributed by atoms with Crippen LogP contribution in [0.1, 0.15) is 11.1 Å². The molecule has 1 heterocycles. The second-order valence-corrected chi connectivity index (χ2v) is 5.32. The number of fused-ring (bicyclic) bond motifs is 3. The molecule has 2 aromatic carbocycles. The predicted molar refractivity (Wildman–Crippen MR) is 89.4 cm³/mol. The Labute approximate surface area is 134 Å². The molecule has 0 radical (unpaired) electrons. The summed E-state index contributed by atoms with van der Waals surface area (Å²) in [4.78, 5) is 0. The molecule has 0 saturated carbocycles. The number of hydrogen-bond donors (Lipinski definition) is 0. The van der Waals surface area contributed by atoms with E-state index in [-0.39, 0.29) is 0 Å². The van der Waals surface area contributed by atoms with Crippen molar-refractivity contribution in [2.24, 2.45) is 0 Å². The number of methoxy groups -OCH3 is 4. The molecule has 0 bridgehead atoms. The summed E-state index contributed by atoms with van der Waals surface area (Å²) in [5, 5.41) is 1.76. The third-order valence-electron chi connectivity index (χ3n) is 4.22. The van der Waals surface area contributed by atoms with Crippen molar-refractivity contribution in [3.63, 3.8) is 0 Å². The van der Waals surface area contributed by atoms with E-state index < -0.39 is 0 Å². The average molecular weight is 316 g/mol. The van der Waals surface area contributed by atoms with Gasteiger partial charge in [-0.1, -0.05) is 0 Å². The van der Waals surface area contributed by atoms with E-state index in [2.05, 4.69) is 0 Å². The molecular formula is C18H20O5. The van der Waals surface area contributed by atoms with Gasteiger partial charge in [0.2, 0.25) is 0 Å². The minimum atomic E-state index is 0.684. The molecular weight excluding hydrogens is 296 g/mol. The fraction of sp³-hybridized carbons (Fsp3) is 0.333. The summed E-state index contributed by atoms with van der Waals surface area (Å²) >= 11 is 0. The highest BCUT2D eigenvalue weighted by atomic mass is 16.5. The molecule has 122 valence electrons. The van der Waals surface area contributed by atoms with E-state index >= 15 is 0 Å². The first kappa shape index (κ1) is 15.3. The zero-order valence-corrected chi connectivity index (χ0v) is 14.2. The van der Waals surface area contributed by atoms with Gasteiger partial charge in [-0.2, -0.15) is 0 Å². The lowest BCUT2D eigenvalue weighted by atomic mass is 10.0. The second-order valence-electron chi connectivity index (χ2n) is 5.32. The van der Waals surface area contributed by atoms with Crippen molar-refractivity contribution in [2.45, 2.75) is 13.8 Å². The van der Waals surface area contributed by atoms with Gasteiger partial charge in [-0.15, -0.1) is 0 Å². The van der Waals surface area contributed by atoms with Crippen LogP contribution < -0.4 is 18.9 Å². The van der Waals surface area contributed by atoms with Gasteiger partial charge < -0.3 is 23.4 Å². The number of aryl methyl sites for hydroxylation is 1. The summed E-state index contributed by atoms with van der Waals surface area (Å²) in [6, 6.07) is 3.74. The molecule has 0 amide bonds. The molecule has 23 heavy (non-hydrogen) atoms. The standard InChI is InChI=1S/C18H20O5/c1-9-12(20-4)8-14-16(17(9)22-6)15-13(21-5)7-11(19-3)10(2)18(15)23-14/h7-8H,1-6H3. The normalized spacial score (nSPS) is 11.0. The molecule has 0 aliphatic rings. The zero-order chi connectivity index (χ0) is 16.7. The van der Waals surface area contributed by atoms with Crippen LogP contribution in [0.5, 0.6) is 23.0 Å². The van der Waals surface area contributed by atoms with E-state index in [1.807, 2.05) is 26.0 Å². The Kier molecular flexibility index (Phi) is 3.72. The minimum absolute atomic E-state index is 0.684. The number of benzene rings is 2. The number of ether oxygens (including phenoxy) is 4. The summed E-state index contributed by atoms with van der Waals surface area (Å²) in [6.07, 6.45) is 0. The Morgan fingerprint density at radius 3 is 1.87 bits per heavy atom. The summed E-state index contributed by atoms with van der Waals surface area (Å²) < 4.78 is 28.1. The van der Waals surface area contributed by atoms with Gasteiger partial charge in [0.25, 0.3) is 0 Å². The van der Waals surface area contributed by atoms with E-state index in [1.165, 1.54) is 0 Å². The lowest BCUT2D eigenvalue weighted by Crippen LogP contribution is -1.94. The van der Waals surface area contributed by atoms with Crippen LogP contribution in [-0.2, 0) is 0 Å². The molecule has 5 nitrogen and oxygen atoms in total. The van der Waals surface area contributed by atoms with Gasteiger partial charge in [0, 0.05) is 23.3 Å². The quantitative estimate of drug-likeness (QED) is 0.720. The maximum absolute atomic E-state index is 6.09. The lowest BCUT2D eigenvalue weighted by Gasteiger charge is -2.12. The first-order valence-electron chi connectivity index (χ1n) is 7.26. The fourth-order valence-corrected chi connectivity index (χ4v) is 3.05. The first-order valence-corrected chi connectivity index (χ1v) is 7.26. The van der Waals surface area contributed by atoms with Gasteiger partial charge in [-0.3, -0.25) is 0 Å². The molecule has 0 aliphatic heterocycles. The van der Waals surface area contributed by atoms with Gasteiger partial charge in [-0.25, -0.2) is 0 Å². The third kappa shape index (κ3) is 2.07. The Morgan fingerprint density at radius 2 is 1.30 bits per heavy atom. The Bertz CT molecular complexity index is 892. The minimum Gasteiger partial charge on any atom is -0.496 e. The SMILES string of the molecule is COc1cc2oc3c(C)c(OC)cc(OC)c3c2c(OC)c1C. The topological polar surface area (TPSA) is 50.1 Å². The summed E-state index contributed by atoms with van der Waals surface area (Å²) in [5.41, 5.74) is 3.25. The van der Waals surface area contributed by atoms with Gasteiger partial charge >= 0.3 is 0 Å². The molecule has 3 aromatic rings. The molecule has 0 fully saturated rings. The highest BCUT2D eigenvalue weighted by Crippen LogP contribution is 2.47. The average Bonchev–Trinajstić information content (AvgIpc) is 2.94. The first-order chi connectivity index (χ1) is 11.1. The van der Waals surface area contributed by atoms with E-state index in [4.69, 9.17) is 23.4 Å². The highest BCUT2D eigenvalue weighted by Gasteiger charge is 2.23. The van der Waals surface area contributed by atoms with Crippen LogP contribution in [-0.4, -0.2) is 28.4 Å². The summed E-state index contributed by atoms with van der Waals surface area (Å²) in [7, 11) is 6.53. The monoisotopic (exact) mass is 316 g/mol. The van der Waals surface area contributed by atoms with Crippen molar-refractivity contribution in [1.82, 2.24) is 0 Å². The van der Waals surface area contributed by atoms with Crippen LogP contribution in [0.4, 0.5) is 0 Å². The number of hydrogen-bond acceptors (Lipinski definition) is 5. The van der Waals surface area contributed by atoms with E-state index in [0.29, 0.717) is 11.3 Å². The van der Waals surface area contributed by atoms with Crippen LogP contribution in [0.2, 0.25) is 0 Å². The van der Waals surface area contributed by atoms with Crippen molar-refractivity contribution >= 4 is 21.9 Å². The number of furan rings is 1. The highest BCUT2D eigenvalue weighted by molar-refractivity contribution is 6.13. The molecule has 0 unspecified atom stereocenters. The van der Waals surface area contributed by atoms with Crippen molar-refractivity contribution < 1.29 is 23.4 Å². The van der Waals surface area contributed by atoms with Crippen molar-refractivity contribution in [3.8, 4) is 23.0 Å². The van der Waals surface area contributed by atoms with E-state index in [9.17, 15) is 0 Å². The van der Waals surface area contributed by atoms with Crippen molar-refractivity contribution in [3.05, 3.63) is 23.3 Å². The third-order valence-corrected chi connectivity index (χ3v) is 4.22. The fourth-order valence-electron chi connectivity index (χ4n) is 3.05. The largest absolute Gasteiger partial charge is 0.496 e. The van der Waals surface area contributed by atoms with Gasteiger partial charge in [0.05, 0.1) is 39.2 Å². The van der Waals surface area contributed by atoms with E-state index in [1.54, 1.807) is 28.4 Å². The molecule has 0 saturated heterocycles. The van der Waals surface area contributed by atoms with Crippen molar-refractivity contribution in [1.29, 1.82) is 0 Å². The van der Waals surface area contributed by atoms with Gasteiger partial charge in [0.15, 0.2) is 0 Å². The predicted octanol–water partition coefficient (Wildman–Crippen LogP) is 4.24. The Balaban J connectivity index is 2.57. The summed E-state index contributed by atoms with van der Waals surface area (Å²) in [6.45, 7) is 3.92. The van der Waals surface area contributed by atoms with Crippen LogP contribution in [0.25, 0.3) is 21.9 Å². The van der Waals surface area contributed by atoms with Crippen LogP contribution in [0.15, 0.2) is 16.5 Å². The van der Waals surface area contributed by atoms with E-state index in [0.717, 1.165) is 44.7 Å². The lowest BCUT2D eigenvalue weighted by molar-refractivity contribution is 0.391. The molecule has 3 rings (SSSR count). The van der Waals surface area contributed by atoms with Crippen LogP contribution in [0.3, 0.4) is 0 Å². The summed E-state index contributed by atoms with van der Waals surface area (Å²) in [5.74, 6) is 2.85. The molecule has 5 heteroatoms. The molecule has 0 spiro atoms. The maximum Gasteiger partial charge on any atom is 0.145 e. The Morgan fingerprint density at radius 1 is 0.696 bits per heavy atom. The smallest absolute Gasteiger partial charge is 0.145 e. The van der Waals surface area contributed by atoms with Crippen LogP contribution in [0, 0.1) is 13.8 Å².